The lowest BCUT2D eigenvalue weighted by Gasteiger charge is -2.06. The molecule has 3 aromatic rings. The lowest BCUT2D eigenvalue weighted by Crippen LogP contribution is -2.01. The number of benzene rings is 1. The number of aromatic nitrogens is 4. The molecule has 2 aromatic heterocycles. The Bertz CT molecular complexity index is 895. The van der Waals surface area contributed by atoms with Gasteiger partial charge in [-0.3, -0.25) is 4.57 Å². The highest BCUT2D eigenvalue weighted by molar-refractivity contribution is 5.87. The quantitative estimate of drug-likeness (QED) is 0.656. The molecule has 0 aliphatic heterocycles. The first-order chi connectivity index (χ1) is 9.74. The molecule has 0 atom stereocenters. The molecular weight excluding hydrogens is 254 g/mol. The van der Waals surface area contributed by atoms with Gasteiger partial charge in [-0.15, -0.1) is 0 Å². The highest BCUT2D eigenvalue weighted by Crippen LogP contribution is 2.22. The molecule has 2 N–H and O–H groups in total. The van der Waals surface area contributed by atoms with Gasteiger partial charge < -0.3 is 5.73 Å². The summed E-state index contributed by atoms with van der Waals surface area (Å²) < 4.78 is 1.47. The van der Waals surface area contributed by atoms with E-state index in [1.165, 1.54) is 17.2 Å². The Morgan fingerprint density at radius 1 is 1.10 bits per heavy atom. The van der Waals surface area contributed by atoms with Crippen molar-refractivity contribution in [2.45, 2.75) is 0 Å². The van der Waals surface area contributed by atoms with Crippen LogP contribution in [0.4, 0.5) is 5.69 Å². The van der Waals surface area contributed by atoms with E-state index in [-0.39, 0.29) is 11.4 Å². The van der Waals surface area contributed by atoms with Gasteiger partial charge in [-0.2, -0.15) is 10.5 Å². The van der Waals surface area contributed by atoms with E-state index in [4.69, 9.17) is 11.0 Å². The maximum Gasteiger partial charge on any atom is 0.177 e. The molecule has 0 aliphatic carbocycles. The first-order valence-electron chi connectivity index (χ1n) is 5.62. The zero-order valence-corrected chi connectivity index (χ0v) is 10.1. The van der Waals surface area contributed by atoms with E-state index in [0.717, 1.165) is 5.39 Å². The van der Waals surface area contributed by atoms with Crippen molar-refractivity contribution in [3.8, 4) is 18.0 Å². The minimum Gasteiger partial charge on any atom is -0.399 e. The third-order valence-electron chi connectivity index (χ3n) is 2.85. The fourth-order valence-corrected chi connectivity index (χ4v) is 1.95. The summed E-state index contributed by atoms with van der Waals surface area (Å²) in [4.78, 5) is 12.2. The van der Waals surface area contributed by atoms with E-state index in [2.05, 4.69) is 15.0 Å². The topological polar surface area (TPSA) is 117 Å². The molecule has 0 spiro atoms. The van der Waals surface area contributed by atoms with Crippen molar-refractivity contribution in [1.82, 2.24) is 19.5 Å². The third kappa shape index (κ3) is 1.62. The van der Waals surface area contributed by atoms with Gasteiger partial charge in [-0.1, -0.05) is 0 Å². The molecule has 0 bridgehead atoms. The van der Waals surface area contributed by atoms with Crippen LogP contribution in [0.15, 0.2) is 30.9 Å². The van der Waals surface area contributed by atoms with Crippen molar-refractivity contribution in [3.05, 3.63) is 42.2 Å². The Kier molecular flexibility index (Phi) is 2.52. The first kappa shape index (κ1) is 11.6. The number of nitriles is 2. The number of rotatable bonds is 1. The predicted molar refractivity (Wildman–Crippen MR) is 70.5 cm³/mol. The molecule has 7 heteroatoms. The van der Waals surface area contributed by atoms with Crippen molar-refractivity contribution in [2.24, 2.45) is 0 Å². The number of nitrogens with two attached hydrogens (primary N) is 1. The van der Waals surface area contributed by atoms with Gasteiger partial charge in [0.25, 0.3) is 0 Å². The summed E-state index contributed by atoms with van der Waals surface area (Å²) in [5.41, 5.74) is 7.17. The van der Waals surface area contributed by atoms with Crippen LogP contribution in [0, 0.1) is 22.7 Å². The Morgan fingerprint density at radius 2 is 1.95 bits per heavy atom. The lowest BCUT2D eigenvalue weighted by molar-refractivity contribution is 0.977. The summed E-state index contributed by atoms with van der Waals surface area (Å²) in [6, 6.07) is 9.05. The van der Waals surface area contributed by atoms with Gasteiger partial charge in [0.2, 0.25) is 0 Å². The number of anilines is 1. The van der Waals surface area contributed by atoms with Crippen LogP contribution >= 0.6 is 0 Å². The van der Waals surface area contributed by atoms with Gasteiger partial charge in [0, 0.05) is 11.1 Å². The van der Waals surface area contributed by atoms with E-state index < -0.39 is 0 Å². The van der Waals surface area contributed by atoms with Gasteiger partial charge in [0.1, 0.15) is 30.6 Å². The van der Waals surface area contributed by atoms with E-state index in [9.17, 15) is 5.26 Å². The second-order valence-corrected chi connectivity index (χ2v) is 4.01. The molecule has 0 amide bonds. The van der Waals surface area contributed by atoms with Crippen molar-refractivity contribution < 1.29 is 0 Å². The standard InChI is InChI=1S/C13H7N7/c14-4-11-12(5-15)20(7-19-11)13-9-2-1-8(16)3-10(9)17-6-18-13/h1-3,6-7H,16H2. The Balaban J connectivity index is 2.34. The molecule has 0 unspecified atom stereocenters. The zero-order chi connectivity index (χ0) is 14.1. The van der Waals surface area contributed by atoms with Crippen LogP contribution in [0.25, 0.3) is 16.7 Å². The molecule has 0 fully saturated rings. The van der Waals surface area contributed by atoms with Crippen molar-refractivity contribution in [3.63, 3.8) is 0 Å². The highest BCUT2D eigenvalue weighted by atomic mass is 15.1. The first-order valence-corrected chi connectivity index (χ1v) is 5.62. The molecule has 0 radical (unpaired) electrons. The Hall–Kier alpha value is -3.45. The molecule has 7 nitrogen and oxygen atoms in total. The average Bonchev–Trinajstić information content (AvgIpc) is 2.88. The predicted octanol–water partition coefficient (Wildman–Crippen LogP) is 1.14. The number of imidazole rings is 1. The summed E-state index contributed by atoms with van der Waals surface area (Å²) in [5, 5.41) is 18.8. The second-order valence-electron chi connectivity index (χ2n) is 4.01. The number of hydrogen-bond donors (Lipinski definition) is 1. The van der Waals surface area contributed by atoms with Crippen LogP contribution < -0.4 is 5.73 Å². The zero-order valence-electron chi connectivity index (χ0n) is 10.1. The summed E-state index contributed by atoms with van der Waals surface area (Å²) in [7, 11) is 0. The Labute approximate surface area is 113 Å². The molecule has 94 valence electrons. The molecule has 0 saturated heterocycles. The van der Waals surface area contributed by atoms with Gasteiger partial charge in [0.15, 0.2) is 11.4 Å². The maximum atomic E-state index is 9.17. The molecular formula is C13H7N7. The number of hydrogen-bond acceptors (Lipinski definition) is 6. The lowest BCUT2D eigenvalue weighted by atomic mass is 10.2. The van der Waals surface area contributed by atoms with Crippen molar-refractivity contribution in [1.29, 1.82) is 10.5 Å². The fraction of sp³-hybridized carbons (Fsp3) is 0. The smallest absolute Gasteiger partial charge is 0.177 e. The molecule has 0 aliphatic rings. The third-order valence-corrected chi connectivity index (χ3v) is 2.85. The van der Waals surface area contributed by atoms with Crippen LogP contribution in [0.3, 0.4) is 0 Å². The van der Waals surface area contributed by atoms with E-state index in [1.54, 1.807) is 18.2 Å². The summed E-state index contributed by atoms with van der Waals surface area (Å²) in [6.45, 7) is 0. The van der Waals surface area contributed by atoms with Crippen LogP contribution in [-0.2, 0) is 0 Å². The minimum atomic E-state index is 0.0645. The SMILES string of the molecule is N#Cc1ncn(-c2ncnc3cc(N)ccc23)c1C#N. The van der Waals surface area contributed by atoms with Gasteiger partial charge in [-0.05, 0) is 18.2 Å². The second kappa shape index (κ2) is 4.34. The van der Waals surface area contributed by atoms with Gasteiger partial charge in [-0.25, -0.2) is 15.0 Å². The normalized spacial score (nSPS) is 10.1. The molecule has 3 rings (SSSR count). The fourth-order valence-electron chi connectivity index (χ4n) is 1.95. The largest absolute Gasteiger partial charge is 0.399 e. The molecule has 2 heterocycles. The Morgan fingerprint density at radius 3 is 2.70 bits per heavy atom. The number of nitrogen functional groups attached to an aromatic ring is 1. The van der Waals surface area contributed by atoms with E-state index in [0.29, 0.717) is 17.0 Å². The van der Waals surface area contributed by atoms with E-state index in [1.807, 2.05) is 12.1 Å². The number of nitrogens with zero attached hydrogens (tertiary/aromatic N) is 6. The van der Waals surface area contributed by atoms with Crippen LogP contribution in [-0.4, -0.2) is 19.5 Å². The molecule has 1 aromatic carbocycles. The van der Waals surface area contributed by atoms with Crippen LogP contribution in [0.2, 0.25) is 0 Å². The van der Waals surface area contributed by atoms with Gasteiger partial charge >= 0.3 is 0 Å². The maximum absolute atomic E-state index is 9.17. The summed E-state index contributed by atoms with van der Waals surface area (Å²) in [5.74, 6) is 0.487. The van der Waals surface area contributed by atoms with Crippen molar-refractivity contribution in [2.75, 3.05) is 5.73 Å². The molecule has 0 saturated carbocycles. The highest BCUT2D eigenvalue weighted by Gasteiger charge is 2.14. The van der Waals surface area contributed by atoms with Gasteiger partial charge in [0.05, 0.1) is 5.52 Å². The van der Waals surface area contributed by atoms with E-state index >= 15 is 0 Å². The minimum absolute atomic E-state index is 0.0645. The molecule has 20 heavy (non-hydrogen) atoms. The van der Waals surface area contributed by atoms with Crippen LogP contribution in [0.1, 0.15) is 11.4 Å². The number of fused-ring (bicyclic) bond motifs is 1. The average molecular weight is 261 g/mol. The monoisotopic (exact) mass is 261 g/mol. The summed E-state index contributed by atoms with van der Waals surface area (Å²) >= 11 is 0. The van der Waals surface area contributed by atoms with Crippen molar-refractivity contribution >= 4 is 16.6 Å². The summed E-state index contributed by atoms with van der Waals surface area (Å²) in [6.07, 6.45) is 2.78. The van der Waals surface area contributed by atoms with Crippen LogP contribution in [0.5, 0.6) is 0 Å².